The Balaban J connectivity index is 1.41. The van der Waals surface area contributed by atoms with E-state index in [2.05, 4.69) is 35.3 Å². The highest BCUT2D eigenvalue weighted by Gasteiger charge is 2.25. The minimum atomic E-state index is -2.73. The minimum Gasteiger partial charge on any atom is -0.480 e. The van der Waals surface area contributed by atoms with Crippen molar-refractivity contribution in [1.29, 1.82) is 0 Å². The number of hydrogen-bond donors (Lipinski definition) is 2. The summed E-state index contributed by atoms with van der Waals surface area (Å²) in [4.78, 5) is 12.4. The summed E-state index contributed by atoms with van der Waals surface area (Å²) in [6.45, 7) is -2.73. The first-order chi connectivity index (χ1) is 15.5. The Morgan fingerprint density at radius 1 is 1.19 bits per heavy atom. The predicted octanol–water partition coefficient (Wildman–Crippen LogP) is 3.88. The first-order valence-electron chi connectivity index (χ1n) is 10.4. The van der Waals surface area contributed by atoms with E-state index >= 15 is 0 Å². The number of rotatable bonds is 6. The highest BCUT2D eigenvalue weighted by atomic mass is 19.3. The van der Waals surface area contributed by atoms with Gasteiger partial charge >= 0.3 is 6.61 Å². The van der Waals surface area contributed by atoms with E-state index < -0.39 is 12.7 Å². The number of aromatic amines is 1. The smallest absolute Gasteiger partial charge is 0.345 e. The fourth-order valence-corrected chi connectivity index (χ4v) is 4.31. The van der Waals surface area contributed by atoms with Gasteiger partial charge in [0.15, 0.2) is 0 Å². The molecule has 2 N–H and O–H groups in total. The quantitative estimate of drug-likeness (QED) is 0.466. The maximum Gasteiger partial charge on any atom is 0.345 e. The third-order valence-corrected chi connectivity index (χ3v) is 5.92. The maximum absolute atomic E-state index is 12.4. The number of nitrogens with one attached hydrogen (secondary N) is 2. The van der Waals surface area contributed by atoms with Crippen LogP contribution in [0.4, 0.5) is 14.7 Å². The molecule has 168 valence electrons. The maximum atomic E-state index is 12.4. The highest BCUT2D eigenvalue weighted by molar-refractivity contribution is 5.99. The van der Waals surface area contributed by atoms with Crippen molar-refractivity contribution in [2.45, 2.75) is 44.4 Å². The number of benzene rings is 1. The standard InChI is InChI=1S/C21H23F2N7O2/c1-30-16-9-11(3-8-15(16)28-29-30)14-10-24-18-17(14)19(31-2)27-21(26-18)25-12-4-6-13(7-5-12)32-20(22)23/h3,8-10,12-13,20H,4-7H2,1-2H3,(H2,24,25,26,27). The van der Waals surface area contributed by atoms with Gasteiger partial charge in [0.05, 0.1) is 24.1 Å². The number of halogens is 2. The lowest BCUT2D eigenvalue weighted by atomic mass is 9.93. The molecule has 32 heavy (non-hydrogen) atoms. The molecular weight excluding hydrogens is 420 g/mol. The highest BCUT2D eigenvalue weighted by Crippen LogP contribution is 2.35. The average Bonchev–Trinajstić information content (AvgIpc) is 3.37. The zero-order chi connectivity index (χ0) is 22.2. The monoisotopic (exact) mass is 443 g/mol. The second-order valence-electron chi connectivity index (χ2n) is 7.91. The van der Waals surface area contributed by atoms with Crippen molar-refractivity contribution in [2.75, 3.05) is 12.4 Å². The molecule has 5 rings (SSSR count). The molecule has 1 fully saturated rings. The molecule has 11 heteroatoms. The summed E-state index contributed by atoms with van der Waals surface area (Å²) in [6, 6.07) is 6.01. The van der Waals surface area contributed by atoms with Crippen LogP contribution in [0.25, 0.3) is 33.2 Å². The number of anilines is 1. The van der Waals surface area contributed by atoms with E-state index in [1.807, 2.05) is 31.4 Å². The molecule has 1 aromatic carbocycles. The Bertz CT molecular complexity index is 1250. The zero-order valence-electron chi connectivity index (χ0n) is 17.7. The summed E-state index contributed by atoms with van der Waals surface area (Å²) < 4.78 is 36.8. The molecule has 0 atom stereocenters. The second-order valence-corrected chi connectivity index (χ2v) is 7.91. The van der Waals surface area contributed by atoms with E-state index in [1.54, 1.807) is 11.8 Å². The number of alkyl halides is 2. The van der Waals surface area contributed by atoms with Crippen LogP contribution < -0.4 is 10.1 Å². The summed E-state index contributed by atoms with van der Waals surface area (Å²) in [6.07, 6.45) is 4.03. The van der Waals surface area contributed by atoms with Crippen molar-refractivity contribution < 1.29 is 18.3 Å². The van der Waals surface area contributed by atoms with Gasteiger partial charge in [-0.15, -0.1) is 5.10 Å². The molecule has 4 aromatic rings. The van der Waals surface area contributed by atoms with Crippen molar-refractivity contribution in [3.63, 3.8) is 0 Å². The Labute approximate surface area is 182 Å². The minimum absolute atomic E-state index is 0.0869. The Hall–Kier alpha value is -3.34. The van der Waals surface area contributed by atoms with Gasteiger partial charge in [0.1, 0.15) is 11.2 Å². The molecule has 0 saturated heterocycles. The summed E-state index contributed by atoms with van der Waals surface area (Å²) in [5, 5.41) is 12.3. The summed E-state index contributed by atoms with van der Waals surface area (Å²) in [5.74, 6) is 0.888. The molecule has 1 aliphatic rings. The zero-order valence-corrected chi connectivity index (χ0v) is 17.7. The molecule has 0 amide bonds. The fourth-order valence-electron chi connectivity index (χ4n) is 4.31. The topological polar surface area (TPSA) is 103 Å². The van der Waals surface area contributed by atoms with E-state index in [-0.39, 0.29) is 6.04 Å². The van der Waals surface area contributed by atoms with Gasteiger partial charge in [-0.3, -0.25) is 0 Å². The Morgan fingerprint density at radius 2 is 2.00 bits per heavy atom. The average molecular weight is 443 g/mol. The van der Waals surface area contributed by atoms with Crippen LogP contribution in [0.3, 0.4) is 0 Å². The van der Waals surface area contributed by atoms with Crippen LogP contribution in [0.15, 0.2) is 24.4 Å². The number of fused-ring (bicyclic) bond motifs is 2. The van der Waals surface area contributed by atoms with Crippen LogP contribution in [0.5, 0.6) is 5.88 Å². The number of aromatic nitrogens is 6. The van der Waals surface area contributed by atoms with Crippen LogP contribution in [0.1, 0.15) is 25.7 Å². The van der Waals surface area contributed by atoms with Gasteiger partial charge in [0, 0.05) is 24.8 Å². The molecule has 0 aliphatic heterocycles. The molecular formula is C21H23F2N7O2. The van der Waals surface area contributed by atoms with E-state index in [0.717, 1.165) is 27.5 Å². The molecule has 3 aromatic heterocycles. The van der Waals surface area contributed by atoms with Crippen molar-refractivity contribution in [2.24, 2.45) is 7.05 Å². The third kappa shape index (κ3) is 3.83. The van der Waals surface area contributed by atoms with E-state index in [9.17, 15) is 8.78 Å². The van der Waals surface area contributed by atoms with Crippen LogP contribution in [-0.4, -0.2) is 55.8 Å². The normalized spacial score (nSPS) is 19.2. The van der Waals surface area contributed by atoms with Crippen molar-refractivity contribution in [3.05, 3.63) is 24.4 Å². The summed E-state index contributed by atoms with van der Waals surface area (Å²) in [5.41, 5.74) is 4.26. The lowest BCUT2D eigenvalue weighted by Crippen LogP contribution is -2.31. The molecule has 0 bridgehead atoms. The van der Waals surface area contributed by atoms with Gasteiger partial charge in [-0.1, -0.05) is 11.3 Å². The van der Waals surface area contributed by atoms with Gasteiger partial charge in [-0.25, -0.2) is 4.68 Å². The van der Waals surface area contributed by atoms with Crippen molar-refractivity contribution >= 4 is 28.0 Å². The first-order valence-corrected chi connectivity index (χ1v) is 10.4. The Kier molecular flexibility index (Phi) is 5.33. The van der Waals surface area contributed by atoms with Crippen LogP contribution in [0.2, 0.25) is 0 Å². The number of methoxy groups -OCH3 is 1. The number of nitrogens with zero attached hydrogens (tertiary/aromatic N) is 5. The third-order valence-electron chi connectivity index (χ3n) is 5.92. The second kappa shape index (κ2) is 8.30. The summed E-state index contributed by atoms with van der Waals surface area (Å²) >= 11 is 0. The largest absolute Gasteiger partial charge is 0.480 e. The van der Waals surface area contributed by atoms with Gasteiger partial charge in [-0.2, -0.15) is 18.7 Å². The van der Waals surface area contributed by atoms with Crippen LogP contribution in [-0.2, 0) is 11.8 Å². The molecule has 1 saturated carbocycles. The van der Waals surface area contributed by atoms with Crippen molar-refractivity contribution in [3.8, 4) is 17.0 Å². The number of ether oxygens (including phenoxy) is 2. The lowest BCUT2D eigenvalue weighted by Gasteiger charge is -2.28. The molecule has 3 heterocycles. The Morgan fingerprint density at radius 3 is 2.75 bits per heavy atom. The van der Waals surface area contributed by atoms with E-state index in [4.69, 9.17) is 4.74 Å². The fraction of sp³-hybridized carbons (Fsp3) is 0.429. The lowest BCUT2D eigenvalue weighted by molar-refractivity contribution is -0.169. The molecule has 0 radical (unpaired) electrons. The van der Waals surface area contributed by atoms with E-state index in [0.29, 0.717) is 43.2 Å². The number of H-pyrrole nitrogens is 1. The molecule has 0 spiro atoms. The SMILES string of the molecule is COc1nc(NC2CCC(OC(F)F)CC2)nc2[nH]cc(-c3ccc4nnn(C)c4c3)c12. The van der Waals surface area contributed by atoms with Crippen LogP contribution in [0, 0.1) is 0 Å². The molecule has 1 aliphatic carbocycles. The number of aryl methyl sites for hydroxylation is 1. The number of hydrogen-bond acceptors (Lipinski definition) is 7. The van der Waals surface area contributed by atoms with Crippen LogP contribution >= 0.6 is 0 Å². The van der Waals surface area contributed by atoms with Gasteiger partial charge < -0.3 is 19.8 Å². The van der Waals surface area contributed by atoms with Crippen molar-refractivity contribution in [1.82, 2.24) is 29.9 Å². The van der Waals surface area contributed by atoms with Gasteiger partial charge in [0.25, 0.3) is 0 Å². The van der Waals surface area contributed by atoms with Gasteiger partial charge in [-0.05, 0) is 43.4 Å². The molecule has 9 nitrogen and oxygen atoms in total. The van der Waals surface area contributed by atoms with E-state index in [1.165, 1.54) is 0 Å². The molecule has 0 unspecified atom stereocenters. The first kappa shape index (κ1) is 20.6. The summed E-state index contributed by atoms with van der Waals surface area (Å²) in [7, 11) is 3.42. The van der Waals surface area contributed by atoms with Gasteiger partial charge in [0.2, 0.25) is 11.8 Å². The predicted molar refractivity (Wildman–Crippen MR) is 115 cm³/mol.